The molecule has 2 nitrogen and oxygen atoms in total. The molecule has 0 bridgehead atoms. The zero-order chi connectivity index (χ0) is 10.3. The molecule has 0 aliphatic heterocycles. The highest BCUT2D eigenvalue weighted by Crippen LogP contribution is 2.18. The van der Waals surface area contributed by atoms with Gasteiger partial charge in [-0.3, -0.25) is 0 Å². The molecule has 0 radical (unpaired) electrons. The Morgan fingerprint density at radius 1 is 1.46 bits per heavy atom. The monoisotopic (exact) mass is 184 g/mol. The number of nitrogens with two attached hydrogens (primary N) is 1. The molecule has 0 fully saturated rings. The number of rotatable bonds is 6. The van der Waals surface area contributed by atoms with Gasteiger partial charge in [-0.2, -0.15) is 0 Å². The Bertz CT molecular complexity index is 159. The Morgan fingerprint density at radius 3 is 2.54 bits per heavy atom. The lowest BCUT2D eigenvalue weighted by atomic mass is 9.90. The minimum atomic E-state index is 0.0115. The van der Waals surface area contributed by atoms with Crippen molar-refractivity contribution in [1.29, 1.82) is 0 Å². The molecule has 2 heteroatoms. The van der Waals surface area contributed by atoms with Crippen molar-refractivity contribution in [3.63, 3.8) is 0 Å². The molecule has 0 rings (SSSR count). The SMILES string of the molecule is CCCC(C)(N)CC/C(C)=C/NC. The molecule has 0 amide bonds. The summed E-state index contributed by atoms with van der Waals surface area (Å²) < 4.78 is 0. The van der Waals surface area contributed by atoms with Crippen LogP contribution in [0.1, 0.15) is 46.5 Å². The third kappa shape index (κ3) is 6.64. The summed E-state index contributed by atoms with van der Waals surface area (Å²) in [5.74, 6) is 0. The van der Waals surface area contributed by atoms with Gasteiger partial charge in [0.2, 0.25) is 0 Å². The molecule has 0 saturated carbocycles. The van der Waals surface area contributed by atoms with Crippen molar-refractivity contribution >= 4 is 0 Å². The minimum Gasteiger partial charge on any atom is -0.394 e. The van der Waals surface area contributed by atoms with Gasteiger partial charge in [0.25, 0.3) is 0 Å². The van der Waals surface area contributed by atoms with Crippen LogP contribution in [0.3, 0.4) is 0 Å². The number of nitrogens with one attached hydrogen (secondary N) is 1. The van der Waals surface area contributed by atoms with Crippen molar-refractivity contribution < 1.29 is 0 Å². The molecule has 13 heavy (non-hydrogen) atoms. The highest BCUT2D eigenvalue weighted by Gasteiger charge is 2.16. The number of allylic oxidation sites excluding steroid dienone is 1. The van der Waals surface area contributed by atoms with E-state index in [4.69, 9.17) is 5.73 Å². The van der Waals surface area contributed by atoms with Crippen LogP contribution in [0.5, 0.6) is 0 Å². The van der Waals surface area contributed by atoms with Crippen molar-refractivity contribution in [3.05, 3.63) is 11.8 Å². The van der Waals surface area contributed by atoms with E-state index in [1.54, 1.807) is 0 Å². The first-order valence-corrected chi connectivity index (χ1v) is 5.13. The number of hydrogen-bond acceptors (Lipinski definition) is 2. The summed E-state index contributed by atoms with van der Waals surface area (Å²) in [6.07, 6.45) is 6.49. The summed E-state index contributed by atoms with van der Waals surface area (Å²) >= 11 is 0. The molecule has 1 unspecified atom stereocenters. The molecule has 0 aromatic carbocycles. The van der Waals surface area contributed by atoms with Gasteiger partial charge in [0.1, 0.15) is 0 Å². The molecule has 0 aliphatic rings. The quantitative estimate of drug-likeness (QED) is 0.665. The van der Waals surface area contributed by atoms with Gasteiger partial charge in [0.05, 0.1) is 0 Å². The van der Waals surface area contributed by atoms with Crippen LogP contribution in [-0.4, -0.2) is 12.6 Å². The van der Waals surface area contributed by atoms with Crippen LogP contribution < -0.4 is 11.1 Å². The molecule has 3 N–H and O–H groups in total. The topological polar surface area (TPSA) is 38.0 Å². The standard InChI is InChI=1S/C11H24N2/c1-5-7-11(3,12)8-6-10(2)9-13-4/h9,13H,5-8,12H2,1-4H3/b10-9+. The predicted octanol–water partition coefficient (Wildman–Crippen LogP) is 2.41. The van der Waals surface area contributed by atoms with Gasteiger partial charge in [-0.05, 0) is 39.3 Å². The molecule has 0 aromatic rings. The summed E-state index contributed by atoms with van der Waals surface area (Å²) in [4.78, 5) is 0. The van der Waals surface area contributed by atoms with Crippen LogP contribution in [0.25, 0.3) is 0 Å². The van der Waals surface area contributed by atoms with Gasteiger partial charge in [0.15, 0.2) is 0 Å². The summed E-state index contributed by atoms with van der Waals surface area (Å²) in [6, 6.07) is 0. The van der Waals surface area contributed by atoms with E-state index in [9.17, 15) is 0 Å². The van der Waals surface area contributed by atoms with E-state index >= 15 is 0 Å². The molecule has 0 aromatic heterocycles. The van der Waals surface area contributed by atoms with Crippen LogP contribution in [0, 0.1) is 0 Å². The second-order valence-corrected chi connectivity index (χ2v) is 4.18. The highest BCUT2D eigenvalue weighted by molar-refractivity contribution is 4.98. The van der Waals surface area contributed by atoms with E-state index in [1.165, 1.54) is 12.0 Å². The summed E-state index contributed by atoms with van der Waals surface area (Å²) in [7, 11) is 1.93. The smallest absolute Gasteiger partial charge is 0.0128 e. The molecular weight excluding hydrogens is 160 g/mol. The summed E-state index contributed by atoms with van der Waals surface area (Å²) in [5.41, 5.74) is 7.51. The van der Waals surface area contributed by atoms with Gasteiger partial charge in [0, 0.05) is 12.6 Å². The van der Waals surface area contributed by atoms with Crippen molar-refractivity contribution in [2.75, 3.05) is 7.05 Å². The first kappa shape index (κ1) is 12.5. The Balaban J connectivity index is 3.80. The molecule has 0 heterocycles. The number of hydrogen-bond donors (Lipinski definition) is 2. The third-order valence-corrected chi connectivity index (χ3v) is 2.30. The first-order chi connectivity index (χ1) is 6.02. The average molecular weight is 184 g/mol. The maximum absolute atomic E-state index is 6.12. The lowest BCUT2D eigenvalue weighted by Gasteiger charge is -2.24. The fraction of sp³-hybridized carbons (Fsp3) is 0.818. The molecule has 1 atom stereocenters. The van der Waals surface area contributed by atoms with Crippen LogP contribution in [0.4, 0.5) is 0 Å². The summed E-state index contributed by atoms with van der Waals surface area (Å²) in [5, 5.41) is 3.03. The van der Waals surface area contributed by atoms with E-state index in [2.05, 4.69) is 26.1 Å². The normalized spacial score (nSPS) is 16.8. The van der Waals surface area contributed by atoms with Crippen molar-refractivity contribution in [2.45, 2.75) is 52.0 Å². The maximum Gasteiger partial charge on any atom is 0.0128 e. The van der Waals surface area contributed by atoms with E-state index in [-0.39, 0.29) is 5.54 Å². The lowest BCUT2D eigenvalue weighted by molar-refractivity contribution is 0.396. The zero-order valence-electron chi connectivity index (χ0n) is 9.48. The van der Waals surface area contributed by atoms with Gasteiger partial charge >= 0.3 is 0 Å². The van der Waals surface area contributed by atoms with Crippen molar-refractivity contribution in [1.82, 2.24) is 5.32 Å². The molecule has 0 saturated heterocycles. The maximum atomic E-state index is 6.12. The van der Waals surface area contributed by atoms with E-state index in [0.717, 1.165) is 19.3 Å². The Hall–Kier alpha value is -0.500. The van der Waals surface area contributed by atoms with Crippen LogP contribution >= 0.6 is 0 Å². The second kappa shape index (κ2) is 6.03. The van der Waals surface area contributed by atoms with Gasteiger partial charge in [-0.15, -0.1) is 0 Å². The zero-order valence-corrected chi connectivity index (χ0v) is 9.48. The Labute approximate surface area is 82.6 Å². The Morgan fingerprint density at radius 2 is 2.08 bits per heavy atom. The molecule has 78 valence electrons. The molecular formula is C11H24N2. The predicted molar refractivity (Wildman–Crippen MR) is 59.6 cm³/mol. The molecule has 0 aliphatic carbocycles. The van der Waals surface area contributed by atoms with Gasteiger partial charge in [-0.1, -0.05) is 18.9 Å². The minimum absolute atomic E-state index is 0.0115. The lowest BCUT2D eigenvalue weighted by Crippen LogP contribution is -2.35. The second-order valence-electron chi connectivity index (χ2n) is 4.18. The van der Waals surface area contributed by atoms with E-state index in [1.807, 2.05) is 13.2 Å². The Kier molecular flexibility index (Phi) is 5.80. The van der Waals surface area contributed by atoms with Gasteiger partial charge < -0.3 is 11.1 Å². The third-order valence-electron chi connectivity index (χ3n) is 2.30. The fourth-order valence-electron chi connectivity index (χ4n) is 1.50. The van der Waals surface area contributed by atoms with E-state index in [0.29, 0.717) is 0 Å². The highest BCUT2D eigenvalue weighted by atomic mass is 14.8. The fourth-order valence-corrected chi connectivity index (χ4v) is 1.50. The largest absolute Gasteiger partial charge is 0.394 e. The summed E-state index contributed by atoms with van der Waals surface area (Å²) in [6.45, 7) is 6.46. The van der Waals surface area contributed by atoms with Crippen LogP contribution in [0.2, 0.25) is 0 Å². The average Bonchev–Trinajstić information content (AvgIpc) is 2.02. The van der Waals surface area contributed by atoms with E-state index < -0.39 is 0 Å². The van der Waals surface area contributed by atoms with Crippen molar-refractivity contribution in [3.8, 4) is 0 Å². The van der Waals surface area contributed by atoms with Crippen molar-refractivity contribution in [2.24, 2.45) is 5.73 Å². The van der Waals surface area contributed by atoms with Gasteiger partial charge in [-0.25, -0.2) is 0 Å². The first-order valence-electron chi connectivity index (χ1n) is 5.13. The van der Waals surface area contributed by atoms with Crippen LogP contribution in [0.15, 0.2) is 11.8 Å². The van der Waals surface area contributed by atoms with Crippen LogP contribution in [-0.2, 0) is 0 Å². The molecule has 0 spiro atoms.